The zero-order chi connectivity index (χ0) is 19.2. The zero-order valence-electron chi connectivity index (χ0n) is 17.9. The molecule has 1 N–H and O–H groups in total. The maximum atomic E-state index is 5.51. The van der Waals surface area contributed by atoms with Gasteiger partial charge in [0.05, 0.1) is 25.5 Å². The van der Waals surface area contributed by atoms with E-state index in [9.17, 15) is 0 Å². The highest BCUT2D eigenvalue weighted by Crippen LogP contribution is 2.19. The lowest BCUT2D eigenvalue weighted by atomic mass is 10.1. The highest BCUT2D eigenvalue weighted by molar-refractivity contribution is 14.0. The van der Waals surface area contributed by atoms with Crippen molar-refractivity contribution in [3.05, 3.63) is 17.0 Å². The minimum absolute atomic E-state index is 0. The SMILES string of the molecule is CCNC(=NCc1c(CC)nn(C)c1CC)N1CCC(N2CCOCC2)C1.I. The lowest BCUT2D eigenvalue weighted by Gasteiger charge is -2.32. The van der Waals surface area contributed by atoms with Crippen molar-refractivity contribution >= 4 is 29.9 Å². The highest BCUT2D eigenvalue weighted by atomic mass is 127. The number of ether oxygens (including phenoxy) is 1. The number of guanidine groups is 1. The second-order valence-electron chi connectivity index (χ2n) is 7.41. The van der Waals surface area contributed by atoms with Crippen LogP contribution in [0.3, 0.4) is 0 Å². The summed E-state index contributed by atoms with van der Waals surface area (Å²) < 4.78 is 7.53. The van der Waals surface area contributed by atoms with Crippen LogP contribution >= 0.6 is 24.0 Å². The van der Waals surface area contributed by atoms with E-state index >= 15 is 0 Å². The van der Waals surface area contributed by atoms with Crippen molar-refractivity contribution in [1.29, 1.82) is 0 Å². The Morgan fingerprint density at radius 3 is 2.57 bits per heavy atom. The largest absolute Gasteiger partial charge is 0.379 e. The van der Waals surface area contributed by atoms with Crippen LogP contribution < -0.4 is 5.32 Å². The van der Waals surface area contributed by atoms with Gasteiger partial charge in [0.25, 0.3) is 0 Å². The molecule has 1 aromatic heterocycles. The van der Waals surface area contributed by atoms with E-state index in [2.05, 4.69) is 41.0 Å². The molecule has 3 rings (SSSR count). The Labute approximate surface area is 186 Å². The van der Waals surface area contributed by atoms with E-state index in [0.29, 0.717) is 12.6 Å². The molecule has 0 radical (unpaired) electrons. The summed E-state index contributed by atoms with van der Waals surface area (Å²) in [7, 11) is 2.05. The first-order chi connectivity index (χ1) is 13.2. The molecule has 8 heteroatoms. The van der Waals surface area contributed by atoms with Crippen LogP contribution in [0, 0.1) is 0 Å². The Morgan fingerprint density at radius 2 is 1.93 bits per heavy atom. The third kappa shape index (κ3) is 5.38. The van der Waals surface area contributed by atoms with Crippen LogP contribution in [0.4, 0.5) is 0 Å². The highest BCUT2D eigenvalue weighted by Gasteiger charge is 2.30. The molecule has 28 heavy (non-hydrogen) atoms. The minimum atomic E-state index is 0. The van der Waals surface area contributed by atoms with Gasteiger partial charge in [-0.1, -0.05) is 13.8 Å². The quantitative estimate of drug-likeness (QED) is 0.365. The van der Waals surface area contributed by atoms with Crippen LogP contribution in [0.2, 0.25) is 0 Å². The Morgan fingerprint density at radius 1 is 1.18 bits per heavy atom. The monoisotopic (exact) mass is 504 g/mol. The van der Waals surface area contributed by atoms with Crippen molar-refractivity contribution in [1.82, 2.24) is 24.9 Å². The summed E-state index contributed by atoms with van der Waals surface area (Å²) in [5.41, 5.74) is 3.79. The Kier molecular flexibility index (Phi) is 9.49. The summed E-state index contributed by atoms with van der Waals surface area (Å²) in [4.78, 5) is 10.0. The van der Waals surface area contributed by atoms with Gasteiger partial charge in [0.1, 0.15) is 0 Å². The number of likely N-dealkylation sites (tertiary alicyclic amines) is 1. The van der Waals surface area contributed by atoms with Gasteiger partial charge in [0, 0.05) is 57.1 Å². The molecule has 0 amide bonds. The number of aromatic nitrogens is 2. The maximum absolute atomic E-state index is 5.51. The molecule has 2 saturated heterocycles. The summed E-state index contributed by atoms with van der Waals surface area (Å²) in [5.74, 6) is 1.04. The van der Waals surface area contributed by atoms with Crippen molar-refractivity contribution in [3.63, 3.8) is 0 Å². The predicted octanol–water partition coefficient (Wildman–Crippen LogP) is 2.03. The van der Waals surface area contributed by atoms with Gasteiger partial charge < -0.3 is 15.0 Å². The average molecular weight is 504 g/mol. The molecule has 0 aromatic carbocycles. The predicted molar refractivity (Wildman–Crippen MR) is 125 cm³/mol. The Balaban J connectivity index is 0.00000280. The molecule has 3 heterocycles. The topological polar surface area (TPSA) is 57.9 Å². The van der Waals surface area contributed by atoms with Gasteiger partial charge in [0.2, 0.25) is 0 Å². The number of aliphatic imine (C=N–C) groups is 1. The van der Waals surface area contributed by atoms with Crippen LogP contribution in [0.5, 0.6) is 0 Å². The lowest BCUT2D eigenvalue weighted by molar-refractivity contribution is 0.0195. The van der Waals surface area contributed by atoms with Crippen molar-refractivity contribution in [2.75, 3.05) is 45.9 Å². The first-order valence-corrected chi connectivity index (χ1v) is 10.6. The van der Waals surface area contributed by atoms with Gasteiger partial charge >= 0.3 is 0 Å². The zero-order valence-corrected chi connectivity index (χ0v) is 20.2. The van der Waals surface area contributed by atoms with Crippen molar-refractivity contribution in [2.45, 2.75) is 52.6 Å². The molecule has 160 valence electrons. The fourth-order valence-corrected chi connectivity index (χ4v) is 4.33. The van der Waals surface area contributed by atoms with E-state index in [4.69, 9.17) is 9.73 Å². The summed E-state index contributed by atoms with van der Waals surface area (Å²) in [5, 5.41) is 8.20. The Hall–Kier alpha value is -0.870. The van der Waals surface area contributed by atoms with Crippen LogP contribution in [-0.4, -0.2) is 77.5 Å². The van der Waals surface area contributed by atoms with Crippen LogP contribution in [0.1, 0.15) is 44.1 Å². The number of halogens is 1. The van der Waals surface area contributed by atoms with Gasteiger partial charge in [-0.25, -0.2) is 4.99 Å². The minimum Gasteiger partial charge on any atom is -0.379 e. The summed E-state index contributed by atoms with van der Waals surface area (Å²) in [6, 6.07) is 0.619. The maximum Gasteiger partial charge on any atom is 0.194 e. The summed E-state index contributed by atoms with van der Waals surface area (Å²) in [6.45, 7) is 14.1. The normalized spacial score (nSPS) is 21.1. The fraction of sp³-hybridized carbons (Fsp3) is 0.800. The molecule has 1 atom stereocenters. The number of nitrogens with one attached hydrogen (secondary N) is 1. The number of aryl methyl sites for hydroxylation is 2. The van der Waals surface area contributed by atoms with E-state index in [1.54, 1.807) is 0 Å². The van der Waals surface area contributed by atoms with Crippen molar-refractivity contribution < 1.29 is 4.74 Å². The van der Waals surface area contributed by atoms with Crippen LogP contribution in [0.25, 0.3) is 0 Å². The van der Waals surface area contributed by atoms with Crippen molar-refractivity contribution in [2.24, 2.45) is 12.0 Å². The smallest absolute Gasteiger partial charge is 0.194 e. The second-order valence-corrected chi connectivity index (χ2v) is 7.41. The number of rotatable bonds is 6. The molecule has 7 nitrogen and oxygen atoms in total. The number of hydrogen-bond donors (Lipinski definition) is 1. The number of hydrogen-bond acceptors (Lipinski definition) is 4. The fourth-order valence-electron chi connectivity index (χ4n) is 4.33. The van der Waals surface area contributed by atoms with Crippen LogP contribution in [0.15, 0.2) is 4.99 Å². The first kappa shape index (κ1) is 23.4. The summed E-state index contributed by atoms with van der Waals surface area (Å²) in [6.07, 6.45) is 3.16. The lowest BCUT2D eigenvalue weighted by Crippen LogP contribution is -2.46. The van der Waals surface area contributed by atoms with E-state index in [1.807, 2.05) is 11.7 Å². The van der Waals surface area contributed by atoms with E-state index in [1.165, 1.54) is 23.4 Å². The van der Waals surface area contributed by atoms with Crippen molar-refractivity contribution in [3.8, 4) is 0 Å². The molecule has 2 aliphatic rings. The van der Waals surface area contributed by atoms with E-state index < -0.39 is 0 Å². The van der Waals surface area contributed by atoms with Gasteiger partial charge in [-0.3, -0.25) is 9.58 Å². The van der Waals surface area contributed by atoms with E-state index in [-0.39, 0.29) is 24.0 Å². The molecule has 1 unspecified atom stereocenters. The second kappa shape index (κ2) is 11.3. The summed E-state index contributed by atoms with van der Waals surface area (Å²) >= 11 is 0. The molecule has 2 aliphatic heterocycles. The molecule has 1 aromatic rings. The van der Waals surface area contributed by atoms with Gasteiger partial charge in [-0.05, 0) is 26.2 Å². The molecular formula is C20H37IN6O. The first-order valence-electron chi connectivity index (χ1n) is 10.6. The third-order valence-electron chi connectivity index (χ3n) is 5.77. The molecule has 0 saturated carbocycles. The molecule has 0 aliphatic carbocycles. The third-order valence-corrected chi connectivity index (χ3v) is 5.77. The van der Waals surface area contributed by atoms with Gasteiger partial charge in [-0.2, -0.15) is 5.10 Å². The molecule has 0 spiro atoms. The molecule has 0 bridgehead atoms. The molecule has 2 fully saturated rings. The Bertz CT molecular complexity index is 641. The number of morpholine rings is 1. The average Bonchev–Trinajstić information content (AvgIpc) is 3.30. The van der Waals surface area contributed by atoms with E-state index in [0.717, 1.165) is 64.7 Å². The van der Waals surface area contributed by atoms with Gasteiger partial charge in [0.15, 0.2) is 5.96 Å². The van der Waals surface area contributed by atoms with Gasteiger partial charge in [-0.15, -0.1) is 24.0 Å². The van der Waals surface area contributed by atoms with Crippen LogP contribution in [-0.2, 0) is 31.2 Å². The number of nitrogens with zero attached hydrogens (tertiary/aromatic N) is 5. The standard InChI is InChI=1S/C20H36N6O.HI/c1-5-18-17(19(6-2)24(4)23-18)14-22-20(21-7-3)26-9-8-16(15-26)25-10-12-27-13-11-25;/h16H,5-15H2,1-4H3,(H,21,22);1H. The molecular weight excluding hydrogens is 467 g/mol.